The summed E-state index contributed by atoms with van der Waals surface area (Å²) >= 11 is 0. The normalized spacial score (nSPS) is 30.5. The van der Waals surface area contributed by atoms with Crippen LogP contribution in [0.1, 0.15) is 67.4 Å². The summed E-state index contributed by atoms with van der Waals surface area (Å²) in [4.78, 5) is 30.7. The molecule has 4 atom stereocenters. The van der Waals surface area contributed by atoms with Crippen molar-refractivity contribution in [2.75, 3.05) is 19.6 Å². The zero-order valence-corrected chi connectivity index (χ0v) is 17.4. The fraction of sp³-hybridized carbons (Fsp3) is 0.773. The largest absolute Gasteiger partial charge is 0.352 e. The third-order valence-electron chi connectivity index (χ3n) is 7.57. The van der Waals surface area contributed by atoms with Crippen molar-refractivity contribution in [2.45, 2.75) is 76.4 Å². The monoisotopic (exact) mass is 399 g/mol. The molecule has 0 spiro atoms. The van der Waals surface area contributed by atoms with E-state index < -0.39 is 0 Å². The van der Waals surface area contributed by atoms with Gasteiger partial charge in [-0.25, -0.2) is 0 Å². The lowest BCUT2D eigenvalue weighted by molar-refractivity contribution is -0.142. The average Bonchev–Trinajstić information content (AvgIpc) is 3.09. The lowest BCUT2D eigenvalue weighted by Gasteiger charge is -2.42. The number of fused-ring (bicyclic) bond motifs is 2. The van der Waals surface area contributed by atoms with E-state index in [-0.39, 0.29) is 11.9 Å². The molecule has 1 aromatic heterocycles. The molecule has 3 saturated heterocycles. The van der Waals surface area contributed by atoms with Crippen LogP contribution < -0.4 is 5.32 Å². The molecule has 4 aliphatic rings. The molecule has 4 fully saturated rings. The lowest BCUT2D eigenvalue weighted by atomic mass is 9.89. The second-order valence-corrected chi connectivity index (χ2v) is 9.61. The van der Waals surface area contributed by atoms with Gasteiger partial charge in [0.15, 0.2) is 0 Å². The highest BCUT2D eigenvalue weighted by atomic mass is 16.2. The van der Waals surface area contributed by atoms with Crippen LogP contribution in [0.15, 0.2) is 6.20 Å². The van der Waals surface area contributed by atoms with Crippen molar-refractivity contribution in [3.05, 3.63) is 17.5 Å². The number of aromatic nitrogens is 2. The summed E-state index contributed by atoms with van der Waals surface area (Å²) in [5, 5.41) is 9.85. The zero-order chi connectivity index (χ0) is 20.0. The van der Waals surface area contributed by atoms with Gasteiger partial charge in [0.2, 0.25) is 5.91 Å². The Labute approximate surface area is 172 Å². The van der Waals surface area contributed by atoms with Crippen LogP contribution in [0.4, 0.5) is 0 Å². The number of hydrogen-bond acceptors (Lipinski definition) is 4. The summed E-state index contributed by atoms with van der Waals surface area (Å²) in [6, 6.07) is 0.867. The Morgan fingerprint density at radius 1 is 1.17 bits per heavy atom. The molecule has 2 amide bonds. The van der Waals surface area contributed by atoms with Crippen molar-refractivity contribution in [1.29, 1.82) is 0 Å². The minimum absolute atomic E-state index is 0.0510. The molecule has 1 aliphatic carbocycles. The van der Waals surface area contributed by atoms with E-state index in [1.165, 1.54) is 25.7 Å². The second kappa shape index (κ2) is 7.74. The van der Waals surface area contributed by atoms with Gasteiger partial charge in [0.05, 0.1) is 17.8 Å². The first kappa shape index (κ1) is 19.1. The molecule has 2 bridgehead atoms. The van der Waals surface area contributed by atoms with Gasteiger partial charge in [-0.2, -0.15) is 5.10 Å². The Morgan fingerprint density at radius 3 is 2.45 bits per heavy atom. The maximum atomic E-state index is 13.6. The van der Waals surface area contributed by atoms with Gasteiger partial charge in [0.1, 0.15) is 0 Å². The standard InChI is InChI=1S/C22H33N5O2/c1-14-19(13-24-25-14)21(28)23-12-15-10-17-6-7-18(11-15)27(17)22(29)20(16-4-5-16)26-8-2-3-9-26/h13,15-18,20H,2-12H2,1H3,(H,23,28)(H,24,25)/t15?,17-,18+,20?. The summed E-state index contributed by atoms with van der Waals surface area (Å²) in [6.07, 6.45) is 10.8. The highest BCUT2D eigenvalue weighted by molar-refractivity contribution is 5.94. The van der Waals surface area contributed by atoms with Crippen molar-refractivity contribution >= 4 is 11.8 Å². The molecular formula is C22H33N5O2. The molecule has 3 aliphatic heterocycles. The number of carbonyl (C=O) groups is 2. The van der Waals surface area contributed by atoms with Gasteiger partial charge < -0.3 is 10.2 Å². The van der Waals surface area contributed by atoms with Gasteiger partial charge in [0.25, 0.3) is 5.91 Å². The third-order valence-corrected chi connectivity index (χ3v) is 7.57. The van der Waals surface area contributed by atoms with Crippen LogP contribution in [-0.4, -0.2) is 69.6 Å². The SMILES string of the molecule is Cc1[nH]ncc1C(=O)NCC1C[C@H]2CC[C@@H](C1)N2C(=O)C(C1CC1)N1CCCC1. The molecule has 7 heteroatoms. The van der Waals surface area contributed by atoms with E-state index in [0.29, 0.717) is 41.9 Å². The number of nitrogens with zero attached hydrogens (tertiary/aromatic N) is 3. The van der Waals surface area contributed by atoms with Crippen molar-refractivity contribution in [1.82, 2.24) is 25.3 Å². The number of rotatable bonds is 6. The first-order valence-corrected chi connectivity index (χ1v) is 11.5. The van der Waals surface area contributed by atoms with E-state index in [0.717, 1.165) is 44.5 Å². The molecule has 5 rings (SSSR count). The van der Waals surface area contributed by atoms with Gasteiger partial charge >= 0.3 is 0 Å². The number of hydrogen-bond donors (Lipinski definition) is 2. The van der Waals surface area contributed by atoms with Crippen LogP contribution in [0.5, 0.6) is 0 Å². The molecule has 4 heterocycles. The van der Waals surface area contributed by atoms with E-state index in [1.807, 2.05) is 6.92 Å². The molecule has 0 aromatic carbocycles. The first-order chi connectivity index (χ1) is 14.1. The smallest absolute Gasteiger partial charge is 0.254 e. The minimum Gasteiger partial charge on any atom is -0.352 e. The highest BCUT2D eigenvalue weighted by Gasteiger charge is 2.49. The maximum Gasteiger partial charge on any atom is 0.254 e. The molecule has 0 radical (unpaired) electrons. The summed E-state index contributed by atoms with van der Waals surface area (Å²) in [6.45, 7) is 4.75. The van der Waals surface area contributed by atoms with E-state index in [4.69, 9.17) is 0 Å². The van der Waals surface area contributed by atoms with Gasteiger partial charge in [-0.3, -0.25) is 19.6 Å². The van der Waals surface area contributed by atoms with Crippen LogP contribution in [0.3, 0.4) is 0 Å². The fourth-order valence-corrected chi connectivity index (χ4v) is 5.97. The average molecular weight is 400 g/mol. The number of carbonyl (C=O) groups excluding carboxylic acids is 2. The van der Waals surface area contributed by atoms with Crippen LogP contribution in [-0.2, 0) is 4.79 Å². The topological polar surface area (TPSA) is 81.3 Å². The Bertz CT molecular complexity index is 753. The Hall–Kier alpha value is -1.89. The Morgan fingerprint density at radius 2 is 1.86 bits per heavy atom. The lowest BCUT2D eigenvalue weighted by Crippen LogP contribution is -2.55. The van der Waals surface area contributed by atoms with Crippen molar-refractivity contribution in [3.63, 3.8) is 0 Å². The second-order valence-electron chi connectivity index (χ2n) is 9.61. The number of amides is 2. The first-order valence-electron chi connectivity index (χ1n) is 11.5. The van der Waals surface area contributed by atoms with Crippen molar-refractivity contribution < 1.29 is 9.59 Å². The number of aromatic amines is 1. The minimum atomic E-state index is -0.0510. The molecule has 1 aromatic rings. The van der Waals surface area contributed by atoms with Crippen molar-refractivity contribution in [2.24, 2.45) is 11.8 Å². The van der Waals surface area contributed by atoms with Crippen LogP contribution in [0, 0.1) is 18.8 Å². The van der Waals surface area contributed by atoms with E-state index in [1.54, 1.807) is 6.20 Å². The number of piperidine rings is 1. The predicted molar refractivity (Wildman–Crippen MR) is 109 cm³/mol. The quantitative estimate of drug-likeness (QED) is 0.768. The zero-order valence-electron chi connectivity index (χ0n) is 17.4. The predicted octanol–water partition coefficient (Wildman–Crippen LogP) is 2.09. The van der Waals surface area contributed by atoms with E-state index in [9.17, 15) is 9.59 Å². The number of likely N-dealkylation sites (tertiary alicyclic amines) is 1. The van der Waals surface area contributed by atoms with Crippen LogP contribution in [0.2, 0.25) is 0 Å². The number of H-pyrrole nitrogens is 1. The Balaban J connectivity index is 1.20. The maximum absolute atomic E-state index is 13.6. The summed E-state index contributed by atoms with van der Waals surface area (Å²) in [5.41, 5.74) is 1.43. The van der Waals surface area contributed by atoms with Crippen molar-refractivity contribution in [3.8, 4) is 0 Å². The van der Waals surface area contributed by atoms with Crippen LogP contribution in [0.25, 0.3) is 0 Å². The molecule has 7 nitrogen and oxygen atoms in total. The molecule has 2 unspecified atom stereocenters. The van der Waals surface area contributed by atoms with Gasteiger partial charge in [-0.15, -0.1) is 0 Å². The summed E-state index contributed by atoms with van der Waals surface area (Å²) < 4.78 is 0. The molecule has 29 heavy (non-hydrogen) atoms. The molecule has 158 valence electrons. The van der Waals surface area contributed by atoms with E-state index >= 15 is 0 Å². The highest BCUT2D eigenvalue weighted by Crippen LogP contribution is 2.43. The Kier molecular flexibility index (Phi) is 5.10. The van der Waals surface area contributed by atoms with Crippen LogP contribution >= 0.6 is 0 Å². The third kappa shape index (κ3) is 3.69. The fourth-order valence-electron chi connectivity index (χ4n) is 5.97. The van der Waals surface area contributed by atoms with Gasteiger partial charge in [-0.05, 0) is 83.2 Å². The molecule has 1 saturated carbocycles. The summed E-state index contributed by atoms with van der Waals surface area (Å²) in [5.74, 6) is 1.41. The number of aryl methyl sites for hydroxylation is 1. The van der Waals surface area contributed by atoms with E-state index in [2.05, 4.69) is 25.3 Å². The van der Waals surface area contributed by atoms with Gasteiger partial charge in [0, 0.05) is 24.3 Å². The summed E-state index contributed by atoms with van der Waals surface area (Å²) in [7, 11) is 0. The van der Waals surface area contributed by atoms with Gasteiger partial charge in [-0.1, -0.05) is 0 Å². The molecular weight excluding hydrogens is 366 g/mol. The molecule has 2 N–H and O–H groups in total. The number of nitrogens with one attached hydrogen (secondary N) is 2.